The number of hydrazone groups is 1. The fourth-order valence-corrected chi connectivity index (χ4v) is 1.88. The zero-order valence-corrected chi connectivity index (χ0v) is 12.4. The Bertz CT molecular complexity index is 429. The van der Waals surface area contributed by atoms with Crippen molar-refractivity contribution in [3.63, 3.8) is 0 Å². The molecule has 0 fully saturated rings. The molecule has 7 nitrogen and oxygen atoms in total. The molecule has 0 bridgehead atoms. The maximum absolute atomic E-state index is 12.1. The van der Waals surface area contributed by atoms with E-state index in [1.54, 1.807) is 14.1 Å². The van der Waals surface area contributed by atoms with Crippen molar-refractivity contribution < 1.29 is 14.4 Å². The van der Waals surface area contributed by atoms with Crippen molar-refractivity contribution in [3.05, 3.63) is 0 Å². The minimum absolute atomic E-state index is 0.146. The Morgan fingerprint density at radius 1 is 1.35 bits per heavy atom. The summed E-state index contributed by atoms with van der Waals surface area (Å²) in [6.45, 7) is 3.97. The van der Waals surface area contributed by atoms with Crippen LogP contribution in [0.15, 0.2) is 5.10 Å². The summed E-state index contributed by atoms with van der Waals surface area (Å²) in [4.78, 5) is 36.6. The number of nitrogens with zero attached hydrogens (tertiary/aromatic N) is 2. The smallest absolute Gasteiger partial charge is 0.268 e. The molecule has 1 rings (SSSR count). The third-order valence-corrected chi connectivity index (χ3v) is 2.92. The summed E-state index contributed by atoms with van der Waals surface area (Å²) < 4.78 is 0. The van der Waals surface area contributed by atoms with E-state index in [9.17, 15) is 14.4 Å². The van der Waals surface area contributed by atoms with Crippen LogP contribution in [0.3, 0.4) is 0 Å². The van der Waals surface area contributed by atoms with Gasteiger partial charge in [-0.05, 0) is 12.3 Å². The molecular weight excluding hydrogens is 260 g/mol. The normalized spacial score (nSPS) is 16.2. The number of carbonyl (C=O) groups is 3. The van der Waals surface area contributed by atoms with E-state index in [1.165, 1.54) is 4.90 Å². The lowest BCUT2D eigenvalue weighted by atomic mass is 10.0. The van der Waals surface area contributed by atoms with Gasteiger partial charge in [0.1, 0.15) is 11.8 Å². The first-order valence-corrected chi connectivity index (χ1v) is 6.68. The summed E-state index contributed by atoms with van der Waals surface area (Å²) >= 11 is 0. The number of rotatable bonds is 5. The van der Waals surface area contributed by atoms with Gasteiger partial charge in [-0.15, -0.1) is 0 Å². The molecule has 0 aromatic carbocycles. The first kappa shape index (κ1) is 16.1. The van der Waals surface area contributed by atoms with Crippen LogP contribution < -0.4 is 10.7 Å². The van der Waals surface area contributed by atoms with E-state index >= 15 is 0 Å². The standard InChI is InChI=1S/C13H22N4O3/c1-8(2)7-10(13(20)17(3)4)14-12(19)9-5-6-11(18)16-15-9/h8,10H,5-7H2,1-4H3,(H,14,19)(H,16,18). The lowest BCUT2D eigenvalue weighted by Gasteiger charge is -2.23. The average molecular weight is 282 g/mol. The summed E-state index contributed by atoms with van der Waals surface area (Å²) in [5.74, 6) is -0.472. The Morgan fingerprint density at radius 3 is 2.45 bits per heavy atom. The average Bonchev–Trinajstić information content (AvgIpc) is 2.37. The first-order valence-electron chi connectivity index (χ1n) is 6.68. The molecule has 0 aromatic heterocycles. The van der Waals surface area contributed by atoms with Crippen molar-refractivity contribution in [1.29, 1.82) is 0 Å². The lowest BCUT2D eigenvalue weighted by Crippen LogP contribution is -2.49. The number of hydrogen-bond acceptors (Lipinski definition) is 4. The van der Waals surface area contributed by atoms with Crippen molar-refractivity contribution in [3.8, 4) is 0 Å². The molecule has 7 heteroatoms. The van der Waals surface area contributed by atoms with E-state index in [0.717, 1.165) is 0 Å². The van der Waals surface area contributed by atoms with Crippen LogP contribution in [-0.2, 0) is 14.4 Å². The first-order chi connectivity index (χ1) is 9.31. The van der Waals surface area contributed by atoms with E-state index in [4.69, 9.17) is 0 Å². The summed E-state index contributed by atoms with van der Waals surface area (Å²) in [5, 5.41) is 6.43. The second kappa shape index (κ2) is 7.02. The number of nitrogens with one attached hydrogen (secondary N) is 2. The molecule has 0 radical (unpaired) electrons. The molecule has 0 spiro atoms. The molecule has 1 atom stereocenters. The minimum atomic E-state index is -0.571. The predicted octanol–water partition coefficient (Wildman–Crippen LogP) is -0.128. The molecule has 1 aliphatic rings. The van der Waals surface area contributed by atoms with Gasteiger partial charge in [-0.1, -0.05) is 13.8 Å². The number of amides is 3. The van der Waals surface area contributed by atoms with Gasteiger partial charge in [0.2, 0.25) is 11.8 Å². The molecule has 112 valence electrons. The highest BCUT2D eigenvalue weighted by Crippen LogP contribution is 2.08. The summed E-state index contributed by atoms with van der Waals surface area (Å²) in [7, 11) is 3.31. The molecule has 0 saturated carbocycles. The minimum Gasteiger partial charge on any atom is -0.347 e. The number of carbonyl (C=O) groups excluding carboxylic acids is 3. The van der Waals surface area contributed by atoms with Gasteiger partial charge in [0.25, 0.3) is 5.91 Å². The Morgan fingerprint density at radius 2 is 2.00 bits per heavy atom. The maximum atomic E-state index is 12.1. The van der Waals surface area contributed by atoms with E-state index in [2.05, 4.69) is 15.8 Å². The van der Waals surface area contributed by atoms with Crippen molar-refractivity contribution in [2.24, 2.45) is 11.0 Å². The van der Waals surface area contributed by atoms with Crippen LogP contribution in [-0.4, -0.2) is 48.5 Å². The molecule has 20 heavy (non-hydrogen) atoms. The quantitative estimate of drug-likeness (QED) is 0.736. The monoisotopic (exact) mass is 282 g/mol. The SMILES string of the molecule is CC(C)CC(NC(=O)C1=NNC(=O)CC1)C(=O)N(C)C. The largest absolute Gasteiger partial charge is 0.347 e. The van der Waals surface area contributed by atoms with Crippen LogP contribution in [0.1, 0.15) is 33.1 Å². The van der Waals surface area contributed by atoms with Gasteiger partial charge in [0.05, 0.1) is 0 Å². The molecule has 0 saturated heterocycles. The Kier molecular flexibility index (Phi) is 5.66. The van der Waals surface area contributed by atoms with Gasteiger partial charge < -0.3 is 10.2 Å². The highest BCUT2D eigenvalue weighted by Gasteiger charge is 2.26. The van der Waals surface area contributed by atoms with Crippen LogP contribution in [0.4, 0.5) is 0 Å². The Hall–Kier alpha value is -1.92. The van der Waals surface area contributed by atoms with Gasteiger partial charge in [-0.2, -0.15) is 5.10 Å². The molecule has 0 aromatic rings. The highest BCUT2D eigenvalue weighted by molar-refractivity contribution is 6.39. The number of hydrogen-bond donors (Lipinski definition) is 2. The summed E-state index contributed by atoms with van der Waals surface area (Å²) in [5.41, 5.74) is 2.53. The van der Waals surface area contributed by atoms with Crippen molar-refractivity contribution >= 4 is 23.4 Å². The Labute approximate surface area is 118 Å². The second-order valence-electron chi connectivity index (χ2n) is 5.48. The van der Waals surface area contributed by atoms with Gasteiger partial charge in [0, 0.05) is 26.9 Å². The predicted molar refractivity (Wildman–Crippen MR) is 74.9 cm³/mol. The molecule has 2 N–H and O–H groups in total. The van der Waals surface area contributed by atoms with Crippen molar-refractivity contribution in [1.82, 2.24) is 15.6 Å². The summed E-state index contributed by atoms with van der Waals surface area (Å²) in [6.07, 6.45) is 1.09. The molecule has 1 aliphatic heterocycles. The van der Waals surface area contributed by atoms with Crippen LogP contribution in [0.5, 0.6) is 0 Å². The van der Waals surface area contributed by atoms with Gasteiger partial charge in [-0.3, -0.25) is 14.4 Å². The fraction of sp³-hybridized carbons (Fsp3) is 0.692. The van der Waals surface area contributed by atoms with E-state index in [-0.39, 0.29) is 29.9 Å². The van der Waals surface area contributed by atoms with E-state index in [0.29, 0.717) is 12.8 Å². The van der Waals surface area contributed by atoms with Crippen molar-refractivity contribution in [2.75, 3.05) is 14.1 Å². The molecule has 3 amide bonds. The topological polar surface area (TPSA) is 90.9 Å². The van der Waals surface area contributed by atoms with Gasteiger partial charge >= 0.3 is 0 Å². The third-order valence-electron chi connectivity index (χ3n) is 2.92. The zero-order chi connectivity index (χ0) is 15.3. The van der Waals surface area contributed by atoms with E-state index in [1.807, 2.05) is 13.8 Å². The van der Waals surface area contributed by atoms with Crippen LogP contribution in [0.25, 0.3) is 0 Å². The van der Waals surface area contributed by atoms with Crippen LogP contribution in [0, 0.1) is 5.92 Å². The third kappa shape index (κ3) is 4.64. The second-order valence-corrected chi connectivity index (χ2v) is 5.48. The Balaban J connectivity index is 2.71. The van der Waals surface area contributed by atoms with E-state index < -0.39 is 11.9 Å². The maximum Gasteiger partial charge on any atom is 0.268 e. The molecule has 1 heterocycles. The molecular formula is C13H22N4O3. The van der Waals surface area contributed by atoms with Gasteiger partial charge in [-0.25, -0.2) is 5.43 Å². The van der Waals surface area contributed by atoms with Gasteiger partial charge in [0.15, 0.2) is 0 Å². The van der Waals surface area contributed by atoms with Crippen LogP contribution in [0.2, 0.25) is 0 Å². The zero-order valence-electron chi connectivity index (χ0n) is 12.4. The number of likely N-dealkylation sites (N-methyl/N-ethyl adjacent to an activating group) is 1. The fourth-order valence-electron chi connectivity index (χ4n) is 1.88. The van der Waals surface area contributed by atoms with Crippen molar-refractivity contribution in [2.45, 2.75) is 39.2 Å². The highest BCUT2D eigenvalue weighted by atomic mass is 16.2. The molecule has 1 unspecified atom stereocenters. The lowest BCUT2D eigenvalue weighted by molar-refractivity contribution is -0.133. The summed E-state index contributed by atoms with van der Waals surface area (Å²) in [6, 6.07) is -0.571. The molecule has 0 aliphatic carbocycles. The van der Waals surface area contributed by atoms with Crippen LogP contribution >= 0.6 is 0 Å².